The van der Waals surface area contributed by atoms with Crippen LogP contribution in [-0.4, -0.2) is 16.2 Å². The number of aryl methyl sites for hydroxylation is 2. The molecule has 0 spiro atoms. The molecular weight excluding hydrogens is 310 g/mol. The zero-order valence-electron chi connectivity index (χ0n) is 14.2. The minimum Gasteiger partial charge on any atom is -0.390 e. The smallest absolute Gasteiger partial charge is 0.103 e. The van der Waals surface area contributed by atoms with E-state index in [9.17, 15) is 10.4 Å². The van der Waals surface area contributed by atoms with Crippen molar-refractivity contribution in [3.63, 3.8) is 0 Å². The highest BCUT2D eigenvalue weighted by atomic mass is 16.3. The summed E-state index contributed by atoms with van der Waals surface area (Å²) in [4.78, 5) is 4.47. The van der Waals surface area contributed by atoms with Gasteiger partial charge < -0.3 is 10.4 Å². The number of aliphatic hydroxyl groups is 1. The van der Waals surface area contributed by atoms with Gasteiger partial charge in [-0.2, -0.15) is 5.26 Å². The van der Waals surface area contributed by atoms with Gasteiger partial charge in [0, 0.05) is 18.0 Å². The van der Waals surface area contributed by atoms with E-state index in [4.69, 9.17) is 0 Å². The summed E-state index contributed by atoms with van der Waals surface area (Å²) < 4.78 is 0. The molecule has 2 atom stereocenters. The molecule has 1 heterocycles. The number of rotatable bonds is 2. The fraction of sp³-hybridized carbons (Fsp3) is 0.238. The molecule has 0 fully saturated rings. The molecule has 0 radical (unpaired) electrons. The van der Waals surface area contributed by atoms with E-state index < -0.39 is 6.10 Å². The average Bonchev–Trinajstić information content (AvgIpc) is 2.91. The van der Waals surface area contributed by atoms with Gasteiger partial charge in [-0.15, -0.1) is 0 Å². The van der Waals surface area contributed by atoms with Gasteiger partial charge >= 0.3 is 0 Å². The number of aromatic nitrogens is 1. The maximum absolute atomic E-state index is 10.6. The summed E-state index contributed by atoms with van der Waals surface area (Å²) in [6.07, 6.45) is 1.72. The van der Waals surface area contributed by atoms with Crippen LogP contribution in [0.3, 0.4) is 0 Å². The molecule has 2 aromatic carbocycles. The van der Waals surface area contributed by atoms with Gasteiger partial charge in [-0.1, -0.05) is 35.9 Å². The van der Waals surface area contributed by atoms with E-state index in [1.54, 1.807) is 6.20 Å². The molecule has 4 heteroatoms. The molecule has 3 aromatic rings. The zero-order chi connectivity index (χ0) is 17.6. The number of fused-ring (bicyclic) bond motifs is 2. The monoisotopic (exact) mass is 329 g/mol. The van der Waals surface area contributed by atoms with Gasteiger partial charge in [-0.25, -0.2) is 0 Å². The number of nitrogens with zero attached hydrogens (tertiary/aromatic N) is 2. The van der Waals surface area contributed by atoms with E-state index in [0.29, 0.717) is 12.0 Å². The molecule has 0 saturated carbocycles. The second-order valence-corrected chi connectivity index (χ2v) is 6.73. The Morgan fingerprint density at radius 2 is 2.04 bits per heavy atom. The van der Waals surface area contributed by atoms with Crippen LogP contribution in [0.4, 0.5) is 5.69 Å². The number of aliphatic hydroxyl groups excluding tert-OH is 1. The Bertz CT molecular complexity index is 1020. The summed E-state index contributed by atoms with van der Waals surface area (Å²) in [7, 11) is 0. The Hall–Kier alpha value is -2.90. The molecule has 1 aliphatic carbocycles. The number of hydrogen-bond donors (Lipinski definition) is 2. The molecule has 25 heavy (non-hydrogen) atoms. The number of nitrogens with one attached hydrogen (secondary N) is 1. The van der Waals surface area contributed by atoms with Crippen LogP contribution in [0.15, 0.2) is 42.6 Å². The SMILES string of the molecule is Cc1cc(C)c2ncc(C#N)c(N[C@H]3c4ccccc4C[C@H]3O)c2c1. The second kappa shape index (κ2) is 5.87. The summed E-state index contributed by atoms with van der Waals surface area (Å²) in [5, 5.41) is 24.5. The Kier molecular flexibility index (Phi) is 3.67. The first-order valence-electron chi connectivity index (χ1n) is 8.41. The number of benzene rings is 2. The van der Waals surface area contributed by atoms with Crippen LogP contribution in [0, 0.1) is 25.2 Å². The highest BCUT2D eigenvalue weighted by molar-refractivity contribution is 5.96. The second-order valence-electron chi connectivity index (χ2n) is 6.73. The average molecular weight is 329 g/mol. The van der Waals surface area contributed by atoms with Crippen molar-refractivity contribution in [1.29, 1.82) is 5.26 Å². The van der Waals surface area contributed by atoms with Gasteiger partial charge in [0.25, 0.3) is 0 Å². The Morgan fingerprint density at radius 1 is 1.24 bits per heavy atom. The molecule has 1 aliphatic rings. The van der Waals surface area contributed by atoms with Gasteiger partial charge in [0.05, 0.1) is 28.9 Å². The molecular formula is C21H19N3O. The van der Waals surface area contributed by atoms with Crippen LogP contribution in [0.1, 0.15) is 33.9 Å². The number of hydrogen-bond acceptors (Lipinski definition) is 4. The normalized spacial score (nSPS) is 18.8. The van der Waals surface area contributed by atoms with E-state index in [0.717, 1.165) is 38.8 Å². The minimum atomic E-state index is -0.516. The van der Waals surface area contributed by atoms with Crippen molar-refractivity contribution in [3.05, 3.63) is 70.4 Å². The number of anilines is 1. The third-order valence-electron chi connectivity index (χ3n) is 4.93. The van der Waals surface area contributed by atoms with Crippen molar-refractivity contribution < 1.29 is 5.11 Å². The molecule has 0 amide bonds. The maximum atomic E-state index is 10.6. The summed E-state index contributed by atoms with van der Waals surface area (Å²) in [6, 6.07) is 14.2. The first-order chi connectivity index (χ1) is 12.1. The minimum absolute atomic E-state index is 0.227. The lowest BCUT2D eigenvalue weighted by atomic mass is 10.0. The summed E-state index contributed by atoms with van der Waals surface area (Å²) >= 11 is 0. The van der Waals surface area contributed by atoms with Crippen LogP contribution in [0.2, 0.25) is 0 Å². The van der Waals surface area contributed by atoms with E-state index in [1.165, 1.54) is 0 Å². The highest BCUT2D eigenvalue weighted by Gasteiger charge is 2.31. The largest absolute Gasteiger partial charge is 0.390 e. The fourth-order valence-electron chi connectivity index (χ4n) is 3.80. The Balaban J connectivity index is 1.88. The van der Waals surface area contributed by atoms with Crippen molar-refractivity contribution in [1.82, 2.24) is 4.98 Å². The van der Waals surface area contributed by atoms with Crippen molar-refractivity contribution in [2.75, 3.05) is 5.32 Å². The van der Waals surface area contributed by atoms with Crippen LogP contribution in [0.5, 0.6) is 0 Å². The standard InChI is InChI=1S/C21H19N3O/c1-12-7-13(2)19-17(8-12)20(15(10-22)11-23-19)24-21-16-6-4-3-5-14(16)9-18(21)25/h3-8,11,18,21,25H,9H2,1-2H3,(H,23,24)/t18-,21+/m1/s1. The van der Waals surface area contributed by atoms with Gasteiger partial charge in [0.2, 0.25) is 0 Å². The predicted molar refractivity (Wildman–Crippen MR) is 98.4 cm³/mol. The van der Waals surface area contributed by atoms with Gasteiger partial charge in [0.15, 0.2) is 0 Å². The van der Waals surface area contributed by atoms with Crippen LogP contribution >= 0.6 is 0 Å². The van der Waals surface area contributed by atoms with Gasteiger partial charge in [-0.05, 0) is 36.6 Å². The quantitative estimate of drug-likeness (QED) is 0.750. The predicted octanol–water partition coefficient (Wildman–Crippen LogP) is 3.79. The zero-order valence-corrected chi connectivity index (χ0v) is 14.2. The summed E-state index contributed by atoms with van der Waals surface area (Å²) in [5.41, 5.74) is 6.57. The third kappa shape index (κ3) is 2.54. The van der Waals surface area contributed by atoms with Gasteiger partial charge in [-0.3, -0.25) is 4.98 Å². The van der Waals surface area contributed by atoms with Crippen molar-refractivity contribution >= 4 is 16.6 Å². The van der Waals surface area contributed by atoms with Crippen molar-refractivity contribution in [2.45, 2.75) is 32.4 Å². The molecule has 124 valence electrons. The molecule has 4 nitrogen and oxygen atoms in total. The molecule has 0 unspecified atom stereocenters. The topological polar surface area (TPSA) is 68.9 Å². The molecule has 1 aromatic heterocycles. The number of pyridine rings is 1. The summed E-state index contributed by atoms with van der Waals surface area (Å²) in [5.74, 6) is 0. The lowest BCUT2D eigenvalue weighted by molar-refractivity contribution is 0.166. The van der Waals surface area contributed by atoms with Crippen LogP contribution in [-0.2, 0) is 6.42 Å². The van der Waals surface area contributed by atoms with E-state index in [-0.39, 0.29) is 6.04 Å². The maximum Gasteiger partial charge on any atom is 0.103 e. The first kappa shape index (κ1) is 15.6. The summed E-state index contributed by atoms with van der Waals surface area (Å²) in [6.45, 7) is 4.06. The highest BCUT2D eigenvalue weighted by Crippen LogP contribution is 2.37. The lowest BCUT2D eigenvalue weighted by Gasteiger charge is -2.21. The van der Waals surface area contributed by atoms with Crippen molar-refractivity contribution in [3.8, 4) is 6.07 Å². The van der Waals surface area contributed by atoms with Gasteiger partial charge in [0.1, 0.15) is 6.07 Å². The molecule has 4 rings (SSSR count). The van der Waals surface area contributed by atoms with Crippen LogP contribution < -0.4 is 5.32 Å². The first-order valence-corrected chi connectivity index (χ1v) is 8.41. The molecule has 0 saturated heterocycles. The number of nitriles is 1. The fourth-order valence-corrected chi connectivity index (χ4v) is 3.80. The van der Waals surface area contributed by atoms with Crippen molar-refractivity contribution in [2.24, 2.45) is 0 Å². The van der Waals surface area contributed by atoms with E-state index in [1.807, 2.05) is 44.2 Å². The van der Waals surface area contributed by atoms with E-state index >= 15 is 0 Å². The van der Waals surface area contributed by atoms with Crippen LogP contribution in [0.25, 0.3) is 10.9 Å². The Labute approximate surface area is 146 Å². The molecule has 0 bridgehead atoms. The lowest BCUT2D eigenvalue weighted by Crippen LogP contribution is -2.22. The molecule has 0 aliphatic heterocycles. The molecule has 2 N–H and O–H groups in total. The third-order valence-corrected chi connectivity index (χ3v) is 4.93. The Morgan fingerprint density at radius 3 is 2.84 bits per heavy atom. The van der Waals surface area contributed by atoms with E-state index in [2.05, 4.69) is 22.4 Å².